The topological polar surface area (TPSA) is 73.6 Å². The lowest BCUT2D eigenvalue weighted by Crippen LogP contribution is -2.35. The van der Waals surface area contributed by atoms with E-state index in [0.29, 0.717) is 23.6 Å². The molecule has 5 heteroatoms. The third kappa shape index (κ3) is 3.96. The number of hydrogen-bond donors (Lipinski definition) is 2. The van der Waals surface area contributed by atoms with Gasteiger partial charge in [0.2, 0.25) is 0 Å². The molecule has 0 fully saturated rings. The fourth-order valence-electron chi connectivity index (χ4n) is 1.47. The van der Waals surface area contributed by atoms with Gasteiger partial charge < -0.3 is 20.5 Å². The van der Waals surface area contributed by atoms with Crippen molar-refractivity contribution in [2.45, 2.75) is 13.0 Å². The maximum Gasteiger partial charge on any atom is 0.251 e. The van der Waals surface area contributed by atoms with E-state index in [1.54, 1.807) is 25.3 Å². The summed E-state index contributed by atoms with van der Waals surface area (Å²) < 4.78 is 10.00. The smallest absolute Gasteiger partial charge is 0.251 e. The van der Waals surface area contributed by atoms with Crippen LogP contribution in [0.3, 0.4) is 0 Å². The Morgan fingerprint density at radius 1 is 1.41 bits per heavy atom. The van der Waals surface area contributed by atoms with Gasteiger partial charge in [-0.2, -0.15) is 0 Å². The lowest BCUT2D eigenvalue weighted by molar-refractivity contribution is 0.0905. The van der Waals surface area contributed by atoms with Crippen molar-refractivity contribution in [2.75, 3.05) is 26.6 Å². The molecule has 1 rings (SSSR count). The van der Waals surface area contributed by atoms with Crippen molar-refractivity contribution in [3.8, 4) is 5.75 Å². The zero-order valence-electron chi connectivity index (χ0n) is 10.3. The van der Waals surface area contributed by atoms with E-state index in [2.05, 4.69) is 5.32 Å². The maximum absolute atomic E-state index is 11.9. The molecule has 0 spiro atoms. The summed E-state index contributed by atoms with van der Waals surface area (Å²) in [7, 11) is 3.12. The highest BCUT2D eigenvalue weighted by atomic mass is 16.5. The number of ether oxygens (including phenoxy) is 2. The van der Waals surface area contributed by atoms with Gasteiger partial charge in [-0.1, -0.05) is 0 Å². The van der Waals surface area contributed by atoms with Gasteiger partial charge in [0.05, 0.1) is 13.7 Å². The van der Waals surface area contributed by atoms with Gasteiger partial charge in [0.25, 0.3) is 5.91 Å². The third-order valence-electron chi connectivity index (χ3n) is 2.22. The van der Waals surface area contributed by atoms with Crippen molar-refractivity contribution >= 4 is 11.6 Å². The lowest BCUT2D eigenvalue weighted by Gasteiger charge is -2.13. The van der Waals surface area contributed by atoms with Gasteiger partial charge in [0.15, 0.2) is 0 Å². The minimum atomic E-state index is -0.194. The predicted octanol–water partition coefficient (Wildman–Crippen LogP) is 1.04. The van der Waals surface area contributed by atoms with Gasteiger partial charge in [0.1, 0.15) is 5.75 Å². The Labute approximate surface area is 101 Å². The Balaban J connectivity index is 2.78. The number of hydrogen-bond acceptors (Lipinski definition) is 4. The normalized spacial score (nSPS) is 11.9. The van der Waals surface area contributed by atoms with E-state index in [-0.39, 0.29) is 11.9 Å². The summed E-state index contributed by atoms with van der Waals surface area (Å²) in [6.07, 6.45) is 0. The molecule has 0 aliphatic heterocycles. The average molecular weight is 238 g/mol. The molecule has 0 aromatic heterocycles. The van der Waals surface area contributed by atoms with E-state index >= 15 is 0 Å². The van der Waals surface area contributed by atoms with Crippen LogP contribution in [0.15, 0.2) is 18.2 Å². The van der Waals surface area contributed by atoms with Crippen LogP contribution < -0.4 is 15.8 Å². The fraction of sp³-hybridized carbons (Fsp3) is 0.417. The van der Waals surface area contributed by atoms with E-state index in [0.717, 1.165) is 0 Å². The quantitative estimate of drug-likeness (QED) is 0.752. The number of methoxy groups -OCH3 is 2. The van der Waals surface area contributed by atoms with Crippen LogP contribution in [-0.4, -0.2) is 32.8 Å². The molecule has 1 amide bonds. The van der Waals surface area contributed by atoms with Gasteiger partial charge >= 0.3 is 0 Å². The second-order valence-corrected chi connectivity index (χ2v) is 3.82. The first-order valence-electron chi connectivity index (χ1n) is 5.31. The molecule has 1 unspecified atom stereocenters. The van der Waals surface area contributed by atoms with E-state index < -0.39 is 0 Å². The number of carbonyl (C=O) groups excluding carboxylic acids is 1. The molecule has 1 atom stereocenters. The van der Waals surface area contributed by atoms with E-state index in [1.807, 2.05) is 6.92 Å². The van der Waals surface area contributed by atoms with Gasteiger partial charge in [-0.3, -0.25) is 4.79 Å². The minimum Gasteiger partial charge on any atom is -0.497 e. The van der Waals surface area contributed by atoms with Crippen molar-refractivity contribution in [2.24, 2.45) is 0 Å². The molecular formula is C12H18N2O3. The molecule has 5 nitrogen and oxygen atoms in total. The van der Waals surface area contributed by atoms with Crippen LogP contribution in [0.1, 0.15) is 17.3 Å². The third-order valence-corrected chi connectivity index (χ3v) is 2.22. The number of nitrogen functional groups attached to an aromatic ring is 1. The molecule has 0 aliphatic carbocycles. The fourth-order valence-corrected chi connectivity index (χ4v) is 1.47. The first-order chi connectivity index (χ1) is 8.06. The van der Waals surface area contributed by atoms with Gasteiger partial charge in [-0.05, 0) is 19.1 Å². The molecule has 17 heavy (non-hydrogen) atoms. The zero-order valence-corrected chi connectivity index (χ0v) is 10.3. The molecule has 3 N–H and O–H groups in total. The highest BCUT2D eigenvalue weighted by Gasteiger charge is 2.11. The van der Waals surface area contributed by atoms with Crippen LogP contribution in [0.5, 0.6) is 5.75 Å². The van der Waals surface area contributed by atoms with Gasteiger partial charge in [-0.25, -0.2) is 0 Å². The van der Waals surface area contributed by atoms with Crippen LogP contribution in [0.2, 0.25) is 0 Å². The molecular weight excluding hydrogens is 220 g/mol. The summed E-state index contributed by atoms with van der Waals surface area (Å²) in [4.78, 5) is 11.9. The Morgan fingerprint density at radius 3 is 2.71 bits per heavy atom. The van der Waals surface area contributed by atoms with Crippen molar-refractivity contribution in [3.63, 3.8) is 0 Å². The lowest BCUT2D eigenvalue weighted by atomic mass is 10.1. The first-order valence-corrected chi connectivity index (χ1v) is 5.31. The number of anilines is 1. The highest BCUT2D eigenvalue weighted by Crippen LogP contribution is 2.18. The van der Waals surface area contributed by atoms with E-state index in [4.69, 9.17) is 15.2 Å². The van der Waals surface area contributed by atoms with Crippen molar-refractivity contribution in [1.82, 2.24) is 5.32 Å². The monoisotopic (exact) mass is 238 g/mol. The summed E-state index contributed by atoms with van der Waals surface area (Å²) >= 11 is 0. The van der Waals surface area contributed by atoms with Crippen LogP contribution in [0.4, 0.5) is 5.69 Å². The summed E-state index contributed by atoms with van der Waals surface area (Å²) in [5.41, 5.74) is 6.65. The first kappa shape index (κ1) is 13.3. The number of nitrogens with two attached hydrogens (primary N) is 1. The van der Waals surface area contributed by atoms with Crippen molar-refractivity contribution in [3.05, 3.63) is 23.8 Å². The predicted molar refractivity (Wildman–Crippen MR) is 66.2 cm³/mol. The molecule has 1 aromatic carbocycles. The van der Waals surface area contributed by atoms with E-state index in [9.17, 15) is 4.79 Å². The van der Waals surface area contributed by atoms with Gasteiger partial charge in [-0.15, -0.1) is 0 Å². The van der Waals surface area contributed by atoms with Crippen LogP contribution in [-0.2, 0) is 4.74 Å². The summed E-state index contributed by atoms with van der Waals surface area (Å²) in [6, 6.07) is 4.86. The molecule has 1 aromatic rings. The maximum atomic E-state index is 11.9. The molecule has 94 valence electrons. The largest absolute Gasteiger partial charge is 0.497 e. The molecule has 0 heterocycles. The van der Waals surface area contributed by atoms with Crippen molar-refractivity contribution in [1.29, 1.82) is 0 Å². The second kappa shape index (κ2) is 6.10. The van der Waals surface area contributed by atoms with Gasteiger partial charge in [0, 0.05) is 30.5 Å². The Morgan fingerprint density at radius 2 is 2.12 bits per heavy atom. The summed E-state index contributed by atoms with van der Waals surface area (Å²) in [5.74, 6) is 0.370. The van der Waals surface area contributed by atoms with E-state index in [1.165, 1.54) is 7.11 Å². The highest BCUT2D eigenvalue weighted by molar-refractivity contribution is 5.95. The molecule has 0 saturated heterocycles. The summed E-state index contributed by atoms with van der Waals surface area (Å²) in [6.45, 7) is 2.33. The SMILES string of the molecule is COCC(C)NC(=O)c1cc(N)cc(OC)c1. The number of carbonyl (C=O) groups is 1. The molecule has 0 radical (unpaired) electrons. The number of benzene rings is 1. The Kier molecular flexibility index (Phi) is 4.78. The average Bonchev–Trinajstić information content (AvgIpc) is 2.28. The molecule has 0 bridgehead atoms. The van der Waals surface area contributed by atoms with Crippen LogP contribution in [0.25, 0.3) is 0 Å². The Bertz CT molecular complexity index is 393. The van der Waals surface area contributed by atoms with Crippen LogP contribution in [0, 0.1) is 0 Å². The standard InChI is InChI=1S/C12H18N2O3/c1-8(7-16-2)14-12(15)9-4-10(13)6-11(5-9)17-3/h4-6,8H,7,13H2,1-3H3,(H,14,15). The molecule has 0 saturated carbocycles. The Hall–Kier alpha value is -1.75. The van der Waals surface area contributed by atoms with Crippen molar-refractivity contribution < 1.29 is 14.3 Å². The minimum absolute atomic E-state index is 0.0556. The summed E-state index contributed by atoms with van der Waals surface area (Å²) in [5, 5.41) is 2.80. The zero-order chi connectivity index (χ0) is 12.8. The molecule has 0 aliphatic rings. The number of nitrogens with one attached hydrogen (secondary N) is 1. The van der Waals surface area contributed by atoms with Crippen LogP contribution >= 0.6 is 0 Å². The number of amides is 1. The number of rotatable bonds is 5. The second-order valence-electron chi connectivity index (χ2n) is 3.82.